The molecule has 1 heterocycles. The maximum Gasteiger partial charge on any atom is 0.258 e. The van der Waals surface area contributed by atoms with Crippen LogP contribution in [0.5, 0.6) is 11.6 Å². The van der Waals surface area contributed by atoms with Crippen LogP contribution in [0.1, 0.15) is 5.56 Å². The SMILES string of the molecule is Nc1nc(Oc2ccc(CO)cc2)c(F)cc1F. The van der Waals surface area contributed by atoms with E-state index < -0.39 is 23.3 Å². The van der Waals surface area contributed by atoms with E-state index in [0.29, 0.717) is 17.4 Å². The van der Waals surface area contributed by atoms with Crippen LogP contribution in [0.2, 0.25) is 0 Å². The highest BCUT2D eigenvalue weighted by molar-refractivity contribution is 5.37. The first kappa shape index (κ1) is 12.3. The fraction of sp³-hybridized carbons (Fsp3) is 0.0833. The molecule has 94 valence electrons. The Morgan fingerprint density at radius 2 is 1.83 bits per heavy atom. The Bertz CT molecular complexity index is 559. The van der Waals surface area contributed by atoms with Gasteiger partial charge in [0.25, 0.3) is 5.88 Å². The second-order valence-electron chi connectivity index (χ2n) is 3.55. The van der Waals surface area contributed by atoms with Gasteiger partial charge in [-0.2, -0.15) is 4.98 Å². The van der Waals surface area contributed by atoms with Crippen molar-refractivity contribution in [2.75, 3.05) is 5.73 Å². The van der Waals surface area contributed by atoms with Crippen molar-refractivity contribution in [2.24, 2.45) is 0 Å². The van der Waals surface area contributed by atoms with Gasteiger partial charge in [-0.25, -0.2) is 8.78 Å². The summed E-state index contributed by atoms with van der Waals surface area (Å²) < 4.78 is 31.4. The van der Waals surface area contributed by atoms with Crippen molar-refractivity contribution in [3.05, 3.63) is 47.5 Å². The van der Waals surface area contributed by atoms with E-state index in [2.05, 4.69) is 4.98 Å². The van der Waals surface area contributed by atoms with Crippen LogP contribution in [0.4, 0.5) is 14.6 Å². The van der Waals surface area contributed by atoms with Crippen LogP contribution >= 0.6 is 0 Å². The van der Waals surface area contributed by atoms with Gasteiger partial charge in [0.15, 0.2) is 17.5 Å². The number of nitrogen functional groups attached to an aromatic ring is 1. The zero-order valence-electron chi connectivity index (χ0n) is 9.23. The molecule has 0 aliphatic rings. The third-order valence-electron chi connectivity index (χ3n) is 2.24. The maximum absolute atomic E-state index is 13.3. The van der Waals surface area contributed by atoms with Gasteiger partial charge in [0, 0.05) is 6.07 Å². The summed E-state index contributed by atoms with van der Waals surface area (Å²) in [5.74, 6) is -2.39. The highest BCUT2D eigenvalue weighted by Crippen LogP contribution is 2.24. The van der Waals surface area contributed by atoms with Crippen molar-refractivity contribution in [3.63, 3.8) is 0 Å². The normalized spacial score (nSPS) is 10.4. The van der Waals surface area contributed by atoms with Crippen molar-refractivity contribution in [3.8, 4) is 11.6 Å². The highest BCUT2D eigenvalue weighted by Gasteiger charge is 2.11. The molecule has 0 amide bonds. The molecule has 2 aromatic rings. The van der Waals surface area contributed by atoms with Crippen molar-refractivity contribution in [1.82, 2.24) is 4.98 Å². The summed E-state index contributed by atoms with van der Waals surface area (Å²) in [6.45, 7) is -0.101. The molecule has 0 fully saturated rings. The first-order chi connectivity index (χ1) is 8.60. The molecule has 18 heavy (non-hydrogen) atoms. The van der Waals surface area contributed by atoms with E-state index >= 15 is 0 Å². The van der Waals surface area contributed by atoms with Crippen LogP contribution < -0.4 is 10.5 Å². The van der Waals surface area contributed by atoms with Gasteiger partial charge in [0.2, 0.25) is 0 Å². The fourth-order valence-electron chi connectivity index (χ4n) is 1.31. The van der Waals surface area contributed by atoms with E-state index in [0.717, 1.165) is 0 Å². The Morgan fingerprint density at radius 1 is 1.17 bits per heavy atom. The third-order valence-corrected chi connectivity index (χ3v) is 2.24. The lowest BCUT2D eigenvalue weighted by atomic mass is 10.2. The molecule has 3 N–H and O–H groups in total. The number of aromatic nitrogens is 1. The predicted octanol–water partition coefficient (Wildman–Crippen LogP) is 2.23. The van der Waals surface area contributed by atoms with Gasteiger partial charge >= 0.3 is 0 Å². The monoisotopic (exact) mass is 252 g/mol. The zero-order valence-corrected chi connectivity index (χ0v) is 9.23. The van der Waals surface area contributed by atoms with Gasteiger partial charge in [0.05, 0.1) is 6.61 Å². The van der Waals surface area contributed by atoms with Gasteiger partial charge in [-0.05, 0) is 17.7 Å². The summed E-state index contributed by atoms with van der Waals surface area (Å²) in [6.07, 6.45) is 0. The molecule has 0 saturated carbocycles. The molecule has 0 aliphatic heterocycles. The van der Waals surface area contributed by atoms with Crippen molar-refractivity contribution < 1.29 is 18.6 Å². The van der Waals surface area contributed by atoms with Crippen LogP contribution in [0.3, 0.4) is 0 Å². The molecule has 0 unspecified atom stereocenters. The second kappa shape index (κ2) is 4.97. The minimum atomic E-state index is -0.937. The topological polar surface area (TPSA) is 68.4 Å². The number of anilines is 1. The number of nitrogens with two attached hydrogens (primary N) is 1. The number of rotatable bonds is 3. The number of hydrogen-bond donors (Lipinski definition) is 2. The third kappa shape index (κ3) is 2.54. The smallest absolute Gasteiger partial charge is 0.258 e. The predicted molar refractivity (Wildman–Crippen MR) is 61.0 cm³/mol. The standard InChI is InChI=1S/C12H10F2N2O2/c13-9-5-10(14)12(16-11(9)15)18-8-3-1-7(6-17)2-4-8/h1-5,17H,6H2,(H2,15,16). The highest BCUT2D eigenvalue weighted by atomic mass is 19.1. The Labute approximate surface area is 102 Å². The average molecular weight is 252 g/mol. The summed E-state index contributed by atoms with van der Waals surface area (Å²) in [5, 5.41) is 8.86. The van der Waals surface area contributed by atoms with Gasteiger partial charge in [0.1, 0.15) is 5.75 Å². The second-order valence-corrected chi connectivity index (χ2v) is 3.55. The van der Waals surface area contributed by atoms with Crippen molar-refractivity contribution in [2.45, 2.75) is 6.61 Å². The Balaban J connectivity index is 2.25. The van der Waals surface area contributed by atoms with Crippen LogP contribution in [-0.2, 0) is 6.61 Å². The quantitative estimate of drug-likeness (QED) is 0.878. The molecule has 4 nitrogen and oxygen atoms in total. The van der Waals surface area contributed by atoms with Crippen LogP contribution in [0, 0.1) is 11.6 Å². The lowest BCUT2D eigenvalue weighted by molar-refractivity contribution is 0.281. The van der Waals surface area contributed by atoms with Gasteiger partial charge in [-0.3, -0.25) is 0 Å². The van der Waals surface area contributed by atoms with E-state index in [1.165, 1.54) is 12.1 Å². The molecular formula is C12H10F2N2O2. The Morgan fingerprint density at radius 3 is 2.44 bits per heavy atom. The number of hydrogen-bond acceptors (Lipinski definition) is 4. The molecule has 0 saturated heterocycles. The van der Waals surface area contributed by atoms with E-state index in [1.807, 2.05) is 0 Å². The van der Waals surface area contributed by atoms with Crippen LogP contribution in [0.15, 0.2) is 30.3 Å². The number of nitrogens with zero attached hydrogens (tertiary/aromatic N) is 1. The zero-order chi connectivity index (χ0) is 13.1. The largest absolute Gasteiger partial charge is 0.436 e. The Kier molecular flexibility index (Phi) is 3.38. The van der Waals surface area contributed by atoms with Crippen molar-refractivity contribution >= 4 is 5.82 Å². The molecule has 1 aromatic heterocycles. The summed E-state index contributed by atoms with van der Waals surface area (Å²) in [5.41, 5.74) is 5.91. The number of halogens is 2. The number of ether oxygens (including phenoxy) is 1. The molecule has 1 aromatic carbocycles. The van der Waals surface area contributed by atoms with Gasteiger partial charge in [-0.15, -0.1) is 0 Å². The molecule has 0 radical (unpaired) electrons. The van der Waals surface area contributed by atoms with Gasteiger partial charge in [-0.1, -0.05) is 12.1 Å². The lowest BCUT2D eigenvalue weighted by Crippen LogP contribution is -2.00. The number of aliphatic hydroxyl groups excluding tert-OH is 1. The van der Waals surface area contributed by atoms with E-state index in [1.54, 1.807) is 12.1 Å². The Hall–Kier alpha value is -2.21. The van der Waals surface area contributed by atoms with Crippen molar-refractivity contribution in [1.29, 1.82) is 0 Å². The molecule has 0 aliphatic carbocycles. The summed E-state index contributed by atoms with van der Waals surface area (Å²) in [7, 11) is 0. The lowest BCUT2D eigenvalue weighted by Gasteiger charge is -2.07. The first-order valence-electron chi connectivity index (χ1n) is 5.09. The van der Waals surface area contributed by atoms with E-state index in [4.69, 9.17) is 15.6 Å². The average Bonchev–Trinajstić information content (AvgIpc) is 2.37. The number of benzene rings is 1. The molecule has 6 heteroatoms. The summed E-state index contributed by atoms with van der Waals surface area (Å²) in [4.78, 5) is 3.47. The minimum Gasteiger partial charge on any atom is -0.436 e. The first-order valence-corrected chi connectivity index (χ1v) is 5.09. The van der Waals surface area contributed by atoms with Crippen LogP contribution in [-0.4, -0.2) is 10.1 Å². The fourth-order valence-corrected chi connectivity index (χ4v) is 1.31. The molecule has 2 rings (SSSR count). The molecule has 0 bridgehead atoms. The minimum absolute atomic E-state index is 0.101. The molecule has 0 atom stereocenters. The van der Waals surface area contributed by atoms with Gasteiger partial charge < -0.3 is 15.6 Å². The van der Waals surface area contributed by atoms with E-state index in [-0.39, 0.29) is 6.61 Å². The number of aliphatic hydroxyl groups is 1. The van der Waals surface area contributed by atoms with E-state index in [9.17, 15) is 8.78 Å². The molecular weight excluding hydrogens is 242 g/mol. The maximum atomic E-state index is 13.3. The molecule has 0 spiro atoms. The summed E-state index contributed by atoms with van der Waals surface area (Å²) in [6, 6.07) is 6.90. The number of pyridine rings is 1. The summed E-state index contributed by atoms with van der Waals surface area (Å²) >= 11 is 0. The van der Waals surface area contributed by atoms with Crippen LogP contribution in [0.25, 0.3) is 0 Å².